The lowest BCUT2D eigenvalue weighted by Gasteiger charge is -2.11. The fourth-order valence-corrected chi connectivity index (χ4v) is 1.70. The Morgan fingerprint density at radius 2 is 2.00 bits per heavy atom. The second kappa shape index (κ2) is 9.74. The molecular formula is C16H19N3O5. The molecule has 1 amide bonds. The van der Waals surface area contributed by atoms with Crippen LogP contribution in [0.3, 0.4) is 0 Å². The van der Waals surface area contributed by atoms with Crippen molar-refractivity contribution in [3.63, 3.8) is 0 Å². The third-order valence-corrected chi connectivity index (χ3v) is 2.97. The molecule has 0 aliphatic rings. The molecule has 1 aromatic carbocycles. The first-order chi connectivity index (χ1) is 11.5. The summed E-state index contributed by atoms with van der Waals surface area (Å²) in [5, 5.41) is 14.4. The Balaban J connectivity index is 2.77. The molecule has 1 rings (SSSR count). The van der Waals surface area contributed by atoms with Crippen LogP contribution < -0.4 is 20.1 Å². The lowest BCUT2D eigenvalue weighted by Crippen LogP contribution is -2.19. The number of carbonyl (C=O) groups is 2. The lowest BCUT2D eigenvalue weighted by molar-refractivity contribution is -0.140. The second-order valence-corrected chi connectivity index (χ2v) is 4.47. The van der Waals surface area contributed by atoms with Crippen LogP contribution in [-0.4, -0.2) is 39.8 Å². The molecule has 24 heavy (non-hydrogen) atoms. The molecule has 0 atom stereocenters. The monoisotopic (exact) mass is 333 g/mol. The van der Waals surface area contributed by atoms with Gasteiger partial charge in [-0.25, -0.2) is 0 Å². The van der Waals surface area contributed by atoms with E-state index in [-0.39, 0.29) is 24.5 Å². The Bertz CT molecular complexity index is 664. The van der Waals surface area contributed by atoms with Crippen molar-refractivity contribution in [3.8, 4) is 17.6 Å². The normalized spacial score (nSPS) is 10.3. The molecule has 1 aromatic rings. The number of rotatable bonds is 8. The number of nitrogens with one attached hydrogen (secondary N) is 2. The van der Waals surface area contributed by atoms with Crippen LogP contribution in [0.4, 0.5) is 5.69 Å². The fraction of sp³-hybridized carbons (Fsp3) is 0.312. The van der Waals surface area contributed by atoms with Gasteiger partial charge in [-0.3, -0.25) is 9.59 Å². The topological polar surface area (TPSA) is 110 Å². The molecule has 0 fully saturated rings. The van der Waals surface area contributed by atoms with E-state index in [1.807, 2.05) is 0 Å². The number of methoxy groups -OCH3 is 3. The number of nitrogens with zero attached hydrogens (tertiary/aromatic N) is 1. The van der Waals surface area contributed by atoms with Gasteiger partial charge in [0.1, 0.15) is 23.1 Å². The van der Waals surface area contributed by atoms with Crippen LogP contribution in [0, 0.1) is 11.3 Å². The van der Waals surface area contributed by atoms with Crippen molar-refractivity contribution in [1.82, 2.24) is 5.32 Å². The summed E-state index contributed by atoms with van der Waals surface area (Å²) in [6.45, 7) is 0.244. The van der Waals surface area contributed by atoms with Gasteiger partial charge in [-0.05, 0) is 12.1 Å². The summed E-state index contributed by atoms with van der Waals surface area (Å²) in [5.74, 6) is -0.0422. The molecule has 2 N–H and O–H groups in total. The summed E-state index contributed by atoms with van der Waals surface area (Å²) in [6, 6.07) is 6.69. The number of ether oxygens (including phenoxy) is 3. The van der Waals surface area contributed by atoms with E-state index < -0.39 is 5.91 Å². The number of benzene rings is 1. The number of anilines is 1. The Kier molecular flexibility index (Phi) is 7.64. The van der Waals surface area contributed by atoms with Crippen molar-refractivity contribution in [2.75, 3.05) is 33.2 Å². The SMILES string of the molecule is COC(=O)CCN/C=C(/C#N)C(=O)Nc1cc(OC)ccc1OC. The maximum atomic E-state index is 12.2. The Morgan fingerprint density at radius 1 is 1.25 bits per heavy atom. The van der Waals surface area contributed by atoms with Gasteiger partial charge in [0.15, 0.2) is 0 Å². The van der Waals surface area contributed by atoms with Crippen LogP contribution in [0.25, 0.3) is 0 Å². The molecule has 0 saturated carbocycles. The van der Waals surface area contributed by atoms with Crippen molar-refractivity contribution >= 4 is 17.6 Å². The van der Waals surface area contributed by atoms with Gasteiger partial charge < -0.3 is 24.8 Å². The van der Waals surface area contributed by atoms with Crippen LogP contribution in [0.5, 0.6) is 11.5 Å². The zero-order valence-corrected chi connectivity index (χ0v) is 13.7. The number of hydrogen-bond acceptors (Lipinski definition) is 7. The molecule has 0 spiro atoms. The average Bonchev–Trinajstić information content (AvgIpc) is 2.61. The molecule has 0 aromatic heterocycles. The molecule has 0 aliphatic heterocycles. The quantitative estimate of drug-likeness (QED) is 0.318. The van der Waals surface area contributed by atoms with Crippen molar-refractivity contribution in [1.29, 1.82) is 5.26 Å². The molecule has 0 bridgehead atoms. The number of hydrogen-bond donors (Lipinski definition) is 2. The highest BCUT2D eigenvalue weighted by atomic mass is 16.5. The van der Waals surface area contributed by atoms with E-state index >= 15 is 0 Å². The molecule has 8 heteroatoms. The van der Waals surface area contributed by atoms with Crippen LogP contribution in [0.2, 0.25) is 0 Å². The number of nitriles is 1. The summed E-state index contributed by atoms with van der Waals surface area (Å²) in [5.41, 5.74) is 0.224. The summed E-state index contributed by atoms with van der Waals surface area (Å²) >= 11 is 0. The van der Waals surface area contributed by atoms with Gasteiger partial charge in [-0.1, -0.05) is 0 Å². The zero-order chi connectivity index (χ0) is 17.9. The molecule has 0 radical (unpaired) electrons. The number of carbonyl (C=O) groups excluding carboxylic acids is 2. The van der Waals surface area contributed by atoms with E-state index in [1.165, 1.54) is 27.5 Å². The Morgan fingerprint density at radius 3 is 2.58 bits per heavy atom. The zero-order valence-electron chi connectivity index (χ0n) is 13.7. The average molecular weight is 333 g/mol. The van der Waals surface area contributed by atoms with E-state index in [0.717, 1.165) is 0 Å². The third kappa shape index (κ3) is 5.53. The molecule has 0 unspecified atom stereocenters. The molecule has 0 aliphatic carbocycles. The Labute approximate surface area is 140 Å². The first kappa shape index (κ1) is 18.8. The van der Waals surface area contributed by atoms with Crippen molar-refractivity contribution in [2.45, 2.75) is 6.42 Å². The van der Waals surface area contributed by atoms with E-state index in [4.69, 9.17) is 14.7 Å². The van der Waals surface area contributed by atoms with E-state index in [1.54, 1.807) is 24.3 Å². The number of esters is 1. The van der Waals surface area contributed by atoms with Gasteiger partial charge in [0.2, 0.25) is 0 Å². The first-order valence-electron chi connectivity index (χ1n) is 6.99. The smallest absolute Gasteiger partial charge is 0.307 e. The van der Waals surface area contributed by atoms with E-state index in [9.17, 15) is 9.59 Å². The summed E-state index contributed by atoms with van der Waals surface area (Å²) in [6.07, 6.45) is 1.36. The Hall–Kier alpha value is -3.21. The van der Waals surface area contributed by atoms with Gasteiger partial charge in [-0.2, -0.15) is 5.26 Å². The van der Waals surface area contributed by atoms with Gasteiger partial charge in [-0.15, -0.1) is 0 Å². The predicted octanol–water partition coefficient (Wildman–Crippen LogP) is 1.20. The van der Waals surface area contributed by atoms with Crippen molar-refractivity contribution in [3.05, 3.63) is 30.0 Å². The second-order valence-electron chi connectivity index (χ2n) is 4.47. The van der Waals surface area contributed by atoms with E-state index in [2.05, 4.69) is 15.4 Å². The maximum absolute atomic E-state index is 12.2. The maximum Gasteiger partial charge on any atom is 0.307 e. The highest BCUT2D eigenvalue weighted by Gasteiger charge is 2.13. The number of amides is 1. The summed E-state index contributed by atoms with van der Waals surface area (Å²) in [7, 11) is 4.25. The largest absolute Gasteiger partial charge is 0.497 e. The van der Waals surface area contributed by atoms with Gasteiger partial charge >= 0.3 is 5.97 Å². The molecule has 0 heterocycles. The van der Waals surface area contributed by atoms with Gasteiger partial charge in [0.25, 0.3) is 5.91 Å². The molecule has 0 saturated heterocycles. The summed E-state index contributed by atoms with van der Waals surface area (Å²) in [4.78, 5) is 23.1. The first-order valence-corrected chi connectivity index (χ1v) is 6.99. The van der Waals surface area contributed by atoms with Crippen molar-refractivity contribution < 1.29 is 23.8 Å². The van der Waals surface area contributed by atoms with Crippen LogP contribution in [0.15, 0.2) is 30.0 Å². The minimum Gasteiger partial charge on any atom is -0.497 e. The highest BCUT2D eigenvalue weighted by Crippen LogP contribution is 2.29. The minimum absolute atomic E-state index is 0.122. The minimum atomic E-state index is -0.616. The van der Waals surface area contributed by atoms with Gasteiger partial charge in [0, 0.05) is 18.8 Å². The predicted molar refractivity (Wildman–Crippen MR) is 86.5 cm³/mol. The fourth-order valence-electron chi connectivity index (χ4n) is 1.70. The van der Waals surface area contributed by atoms with Crippen LogP contribution >= 0.6 is 0 Å². The van der Waals surface area contributed by atoms with Crippen molar-refractivity contribution in [2.24, 2.45) is 0 Å². The van der Waals surface area contributed by atoms with Crippen LogP contribution in [0.1, 0.15) is 6.42 Å². The standard InChI is InChI=1S/C16H19N3O5/c1-22-12-4-5-14(23-2)13(8-12)19-16(21)11(9-17)10-18-7-6-15(20)24-3/h4-5,8,10,18H,6-7H2,1-3H3,(H,19,21)/b11-10-. The molecule has 128 valence electrons. The molecular weight excluding hydrogens is 314 g/mol. The van der Waals surface area contributed by atoms with Gasteiger partial charge in [0.05, 0.1) is 33.4 Å². The molecule has 8 nitrogen and oxygen atoms in total. The lowest BCUT2D eigenvalue weighted by atomic mass is 10.2. The summed E-state index contributed by atoms with van der Waals surface area (Å²) < 4.78 is 14.7. The third-order valence-electron chi connectivity index (χ3n) is 2.97. The highest BCUT2D eigenvalue weighted by molar-refractivity contribution is 6.07. The van der Waals surface area contributed by atoms with E-state index in [0.29, 0.717) is 17.2 Å². The van der Waals surface area contributed by atoms with Crippen LogP contribution in [-0.2, 0) is 14.3 Å².